The van der Waals surface area contributed by atoms with Crippen LogP contribution in [0.25, 0.3) is 0 Å². The molecule has 2 heteroatoms. The minimum Gasteiger partial charge on any atom is -0.286 e. The summed E-state index contributed by atoms with van der Waals surface area (Å²) in [5.74, 6) is 0. The Morgan fingerprint density at radius 1 is 1.50 bits per heavy atom. The van der Waals surface area contributed by atoms with E-state index < -0.39 is 0 Å². The van der Waals surface area contributed by atoms with Crippen molar-refractivity contribution in [3.8, 4) is 0 Å². The highest BCUT2D eigenvalue weighted by Crippen LogP contribution is 1.64. The molecule has 0 fully saturated rings. The van der Waals surface area contributed by atoms with Gasteiger partial charge in [-0.3, -0.25) is 5.10 Å². The third-order valence-corrected chi connectivity index (χ3v) is 0.406. The van der Waals surface area contributed by atoms with Gasteiger partial charge in [0.05, 0.1) is 0 Å². The Hall–Kier alpha value is -0.790. The first kappa shape index (κ1) is 7.21. The van der Waals surface area contributed by atoms with Crippen molar-refractivity contribution in [2.75, 3.05) is 0 Å². The highest BCUT2D eigenvalue weighted by molar-refractivity contribution is 4.72. The molecule has 0 saturated heterocycles. The second-order valence-corrected chi connectivity index (χ2v) is 1.47. The summed E-state index contributed by atoms with van der Waals surface area (Å²) in [4.78, 5) is 0. The maximum atomic E-state index is 3.60. The molecule has 1 aromatic rings. The lowest BCUT2D eigenvalue weighted by atomic mass is 10.6. The van der Waals surface area contributed by atoms with Crippen molar-refractivity contribution in [1.29, 1.82) is 0 Å². The molecule has 0 bridgehead atoms. The van der Waals surface area contributed by atoms with Crippen LogP contribution < -0.4 is 0 Å². The van der Waals surface area contributed by atoms with E-state index in [0.717, 1.165) is 0 Å². The van der Waals surface area contributed by atoms with Crippen LogP contribution in [0, 0.1) is 0 Å². The number of H-pyrrole nitrogens is 1. The topological polar surface area (TPSA) is 28.7 Å². The van der Waals surface area contributed by atoms with Gasteiger partial charge in [-0.2, -0.15) is 5.10 Å². The molecule has 1 aromatic heterocycles. The average molecular weight is 112 g/mol. The van der Waals surface area contributed by atoms with Gasteiger partial charge in [-0.1, -0.05) is 20.3 Å². The first-order chi connectivity index (χ1) is 3.91. The smallest absolute Gasteiger partial charge is 0.0487 e. The van der Waals surface area contributed by atoms with Crippen LogP contribution in [-0.4, -0.2) is 10.2 Å². The van der Waals surface area contributed by atoms with Crippen molar-refractivity contribution in [3.63, 3.8) is 0 Å². The molecular weight excluding hydrogens is 100 g/mol. The number of nitrogens with one attached hydrogen (secondary N) is 1. The fraction of sp³-hybridized carbons (Fsp3) is 0.500. The molecule has 0 aromatic carbocycles. The number of aromatic nitrogens is 2. The van der Waals surface area contributed by atoms with E-state index in [9.17, 15) is 0 Å². The van der Waals surface area contributed by atoms with Gasteiger partial charge in [0, 0.05) is 12.4 Å². The predicted octanol–water partition coefficient (Wildman–Crippen LogP) is 1.83. The van der Waals surface area contributed by atoms with Crippen LogP contribution >= 0.6 is 0 Å². The summed E-state index contributed by atoms with van der Waals surface area (Å²) in [5, 5.41) is 6.21. The molecule has 1 heterocycles. The summed E-state index contributed by atoms with van der Waals surface area (Å²) >= 11 is 0. The minimum absolute atomic E-state index is 1.25. The lowest BCUT2D eigenvalue weighted by molar-refractivity contribution is 1.09. The Balaban J connectivity index is 0.000000145. The molecular formula is C6H12N2. The zero-order valence-electron chi connectivity index (χ0n) is 5.39. The fourth-order valence-electron chi connectivity index (χ4n) is 0.215. The molecule has 0 aliphatic carbocycles. The van der Waals surface area contributed by atoms with E-state index in [1.807, 2.05) is 6.07 Å². The van der Waals surface area contributed by atoms with Crippen molar-refractivity contribution in [3.05, 3.63) is 18.5 Å². The summed E-state index contributed by atoms with van der Waals surface area (Å²) in [7, 11) is 0. The van der Waals surface area contributed by atoms with Crippen LogP contribution in [0.2, 0.25) is 0 Å². The van der Waals surface area contributed by atoms with E-state index in [0.29, 0.717) is 0 Å². The van der Waals surface area contributed by atoms with Crippen molar-refractivity contribution in [1.82, 2.24) is 10.2 Å². The van der Waals surface area contributed by atoms with Gasteiger partial charge in [0.1, 0.15) is 0 Å². The number of hydrogen-bond acceptors (Lipinski definition) is 1. The Bertz CT molecular complexity index is 73.4. The van der Waals surface area contributed by atoms with E-state index in [2.05, 4.69) is 24.0 Å². The van der Waals surface area contributed by atoms with Gasteiger partial charge in [-0.05, 0) is 6.07 Å². The molecule has 46 valence electrons. The van der Waals surface area contributed by atoms with Gasteiger partial charge in [0.25, 0.3) is 0 Å². The molecule has 2 nitrogen and oxygen atoms in total. The maximum absolute atomic E-state index is 3.60. The van der Waals surface area contributed by atoms with Crippen LogP contribution in [0.4, 0.5) is 0 Å². The quantitative estimate of drug-likeness (QED) is 0.545. The maximum Gasteiger partial charge on any atom is 0.0487 e. The highest BCUT2D eigenvalue weighted by Gasteiger charge is 1.56. The molecule has 0 aliphatic rings. The summed E-state index contributed by atoms with van der Waals surface area (Å²) in [6.45, 7) is 4.25. The zero-order valence-corrected chi connectivity index (χ0v) is 5.39. The van der Waals surface area contributed by atoms with Crippen molar-refractivity contribution >= 4 is 0 Å². The Morgan fingerprint density at radius 3 is 2.25 bits per heavy atom. The molecule has 0 saturated carbocycles. The molecule has 8 heavy (non-hydrogen) atoms. The third kappa shape index (κ3) is 5.21. The fourth-order valence-corrected chi connectivity index (χ4v) is 0.215. The molecule has 0 radical (unpaired) electrons. The summed E-state index contributed by atoms with van der Waals surface area (Å²) in [6, 6.07) is 1.83. The van der Waals surface area contributed by atoms with Crippen molar-refractivity contribution in [2.24, 2.45) is 0 Å². The Morgan fingerprint density at radius 2 is 2.12 bits per heavy atom. The summed E-state index contributed by atoms with van der Waals surface area (Å²) < 4.78 is 0. The molecule has 0 amide bonds. The second kappa shape index (κ2) is 6.21. The van der Waals surface area contributed by atoms with Gasteiger partial charge < -0.3 is 0 Å². The number of aromatic amines is 1. The molecule has 0 unspecified atom stereocenters. The summed E-state index contributed by atoms with van der Waals surface area (Å²) in [5.41, 5.74) is 0. The average Bonchev–Trinajstić information content (AvgIpc) is 2.17. The number of rotatable bonds is 0. The second-order valence-electron chi connectivity index (χ2n) is 1.47. The number of nitrogens with zero attached hydrogens (tertiary/aromatic N) is 1. The molecule has 0 aliphatic heterocycles. The Kier molecular flexibility index (Phi) is 5.60. The van der Waals surface area contributed by atoms with E-state index in [1.165, 1.54) is 6.42 Å². The van der Waals surface area contributed by atoms with Crippen molar-refractivity contribution in [2.45, 2.75) is 20.3 Å². The largest absolute Gasteiger partial charge is 0.286 e. The van der Waals surface area contributed by atoms with Gasteiger partial charge in [-0.25, -0.2) is 0 Å². The minimum atomic E-state index is 1.25. The van der Waals surface area contributed by atoms with Gasteiger partial charge in [0.15, 0.2) is 0 Å². The SMILES string of the molecule is CCC.c1cn[nH]c1. The highest BCUT2D eigenvalue weighted by atomic mass is 15.1. The van der Waals surface area contributed by atoms with Crippen LogP contribution in [0.15, 0.2) is 18.5 Å². The Labute approximate surface area is 49.9 Å². The van der Waals surface area contributed by atoms with E-state index in [4.69, 9.17) is 0 Å². The predicted molar refractivity (Wildman–Crippen MR) is 34.6 cm³/mol. The van der Waals surface area contributed by atoms with E-state index >= 15 is 0 Å². The normalized spacial score (nSPS) is 7.25. The molecule has 1 rings (SSSR count). The molecule has 0 atom stereocenters. The van der Waals surface area contributed by atoms with E-state index in [-0.39, 0.29) is 0 Å². The van der Waals surface area contributed by atoms with Crippen LogP contribution in [-0.2, 0) is 0 Å². The lowest BCUT2D eigenvalue weighted by Gasteiger charge is -1.49. The summed E-state index contributed by atoms with van der Waals surface area (Å²) in [6.07, 6.45) is 4.71. The monoisotopic (exact) mass is 112 g/mol. The van der Waals surface area contributed by atoms with E-state index in [1.54, 1.807) is 12.4 Å². The molecule has 1 N–H and O–H groups in total. The molecule has 0 spiro atoms. The van der Waals surface area contributed by atoms with Crippen LogP contribution in [0.5, 0.6) is 0 Å². The van der Waals surface area contributed by atoms with Gasteiger partial charge in [-0.15, -0.1) is 0 Å². The number of hydrogen-bond donors (Lipinski definition) is 1. The van der Waals surface area contributed by atoms with Crippen molar-refractivity contribution < 1.29 is 0 Å². The van der Waals surface area contributed by atoms with Crippen LogP contribution in [0.3, 0.4) is 0 Å². The first-order valence-electron chi connectivity index (χ1n) is 2.85. The first-order valence-corrected chi connectivity index (χ1v) is 2.85. The zero-order chi connectivity index (χ0) is 6.24. The van der Waals surface area contributed by atoms with Gasteiger partial charge >= 0.3 is 0 Å². The third-order valence-electron chi connectivity index (χ3n) is 0.406. The van der Waals surface area contributed by atoms with Crippen LogP contribution in [0.1, 0.15) is 20.3 Å². The standard InChI is InChI=1S/C3H4N2.C3H8/c1-2-4-5-3-1;1-3-2/h1-3H,(H,4,5);3H2,1-2H3. The lowest BCUT2D eigenvalue weighted by Crippen LogP contribution is -1.53. The van der Waals surface area contributed by atoms with Gasteiger partial charge in [0.2, 0.25) is 0 Å².